The van der Waals surface area contributed by atoms with E-state index in [2.05, 4.69) is 28.6 Å². The summed E-state index contributed by atoms with van der Waals surface area (Å²) in [5, 5.41) is 9.02. The molecule has 0 spiro atoms. The number of hydrogen-bond donors (Lipinski definition) is 0. The number of nitrogens with zero attached hydrogens (tertiary/aromatic N) is 2. The lowest BCUT2D eigenvalue weighted by molar-refractivity contribution is -0.132. The summed E-state index contributed by atoms with van der Waals surface area (Å²) in [5.74, 6) is 0.731. The molecule has 0 aliphatic rings. The van der Waals surface area contributed by atoms with Gasteiger partial charge >= 0.3 is 0 Å². The summed E-state index contributed by atoms with van der Waals surface area (Å²) in [4.78, 5) is 13.9. The monoisotopic (exact) mass is 380 g/mol. The number of hydrogen-bond acceptors (Lipinski definition) is 4. The molecular formula is C17H21BrN2O3. The van der Waals surface area contributed by atoms with Gasteiger partial charge in [0.25, 0.3) is 5.91 Å². The van der Waals surface area contributed by atoms with E-state index in [1.54, 1.807) is 17.0 Å². The van der Waals surface area contributed by atoms with Crippen LogP contribution < -0.4 is 9.47 Å². The number of rotatable bonds is 8. The maximum Gasteiger partial charge on any atom is 0.260 e. The Labute approximate surface area is 145 Å². The molecule has 0 aliphatic heterocycles. The lowest BCUT2D eigenvalue weighted by atomic mass is 10.2. The number of halogens is 1. The highest BCUT2D eigenvalue weighted by Crippen LogP contribution is 2.36. The molecule has 6 heteroatoms. The first-order valence-electron chi connectivity index (χ1n) is 7.34. The normalized spacial score (nSPS) is 9.87. The average Bonchev–Trinajstić information content (AvgIpc) is 2.51. The van der Waals surface area contributed by atoms with Crippen molar-refractivity contribution < 1.29 is 14.3 Å². The van der Waals surface area contributed by atoms with Crippen molar-refractivity contribution in [2.75, 3.05) is 26.3 Å². The van der Waals surface area contributed by atoms with Crippen LogP contribution in [0.2, 0.25) is 0 Å². The molecule has 0 bridgehead atoms. The van der Waals surface area contributed by atoms with Gasteiger partial charge in [0.05, 0.1) is 22.7 Å². The second-order valence-electron chi connectivity index (χ2n) is 4.98. The topological polar surface area (TPSA) is 62.6 Å². The molecule has 0 fully saturated rings. The lowest BCUT2D eigenvalue weighted by Gasteiger charge is -2.21. The molecule has 1 aromatic carbocycles. The lowest BCUT2D eigenvalue weighted by Crippen LogP contribution is -2.35. The second kappa shape index (κ2) is 9.21. The standard InChI is InChI=1S/C17H21BrN2O3/c1-5-20(10-12(3)4)16(21)11-23-17-14(18)7-13(9-19)8-15(17)22-6-2/h7-8H,3,5-6,10-11H2,1-2,4H3. The number of amides is 1. The zero-order valence-corrected chi connectivity index (χ0v) is 15.3. The molecule has 0 heterocycles. The fourth-order valence-electron chi connectivity index (χ4n) is 1.96. The van der Waals surface area contributed by atoms with Gasteiger partial charge in [-0.1, -0.05) is 12.2 Å². The average molecular weight is 381 g/mol. The number of ether oxygens (including phenoxy) is 2. The Morgan fingerprint density at radius 2 is 2.09 bits per heavy atom. The van der Waals surface area contributed by atoms with Gasteiger partial charge in [0.2, 0.25) is 0 Å². The van der Waals surface area contributed by atoms with Crippen molar-refractivity contribution in [1.29, 1.82) is 5.26 Å². The third kappa shape index (κ3) is 5.61. The fourth-order valence-corrected chi connectivity index (χ4v) is 2.52. The van der Waals surface area contributed by atoms with Gasteiger partial charge in [-0.3, -0.25) is 4.79 Å². The molecule has 0 atom stereocenters. The summed E-state index contributed by atoms with van der Waals surface area (Å²) < 4.78 is 11.7. The molecule has 23 heavy (non-hydrogen) atoms. The molecule has 1 rings (SSSR count). The Hall–Kier alpha value is -2.00. The van der Waals surface area contributed by atoms with Crippen molar-refractivity contribution in [2.45, 2.75) is 20.8 Å². The first kappa shape index (κ1) is 19.0. The van der Waals surface area contributed by atoms with Gasteiger partial charge < -0.3 is 14.4 Å². The second-order valence-corrected chi connectivity index (χ2v) is 5.84. The van der Waals surface area contributed by atoms with Crippen LogP contribution in [0.5, 0.6) is 11.5 Å². The summed E-state index contributed by atoms with van der Waals surface area (Å²) in [6.07, 6.45) is 0. The maximum atomic E-state index is 12.2. The van der Waals surface area contributed by atoms with Crippen LogP contribution in [0.25, 0.3) is 0 Å². The largest absolute Gasteiger partial charge is 0.490 e. The van der Waals surface area contributed by atoms with Gasteiger partial charge in [-0.15, -0.1) is 0 Å². The van der Waals surface area contributed by atoms with Crippen LogP contribution in [0.3, 0.4) is 0 Å². The van der Waals surface area contributed by atoms with Crippen LogP contribution in [-0.4, -0.2) is 37.1 Å². The molecule has 5 nitrogen and oxygen atoms in total. The first-order valence-corrected chi connectivity index (χ1v) is 8.13. The van der Waals surface area contributed by atoms with E-state index in [-0.39, 0.29) is 12.5 Å². The van der Waals surface area contributed by atoms with E-state index in [0.29, 0.717) is 41.2 Å². The molecule has 0 saturated carbocycles. The molecule has 0 unspecified atom stereocenters. The predicted octanol–water partition coefficient (Wildman–Crippen LogP) is 3.52. The molecular weight excluding hydrogens is 360 g/mol. The van der Waals surface area contributed by atoms with Crippen molar-refractivity contribution in [2.24, 2.45) is 0 Å². The minimum atomic E-state index is -0.130. The van der Waals surface area contributed by atoms with Gasteiger partial charge in [0.15, 0.2) is 18.1 Å². The number of likely N-dealkylation sites (N-methyl/N-ethyl adjacent to an activating group) is 1. The first-order chi connectivity index (χ1) is 10.9. The summed E-state index contributed by atoms with van der Waals surface area (Å²) in [5.41, 5.74) is 1.37. The van der Waals surface area contributed by atoms with Crippen LogP contribution in [0.1, 0.15) is 26.3 Å². The molecule has 0 aliphatic carbocycles. The van der Waals surface area contributed by atoms with Gasteiger partial charge in [-0.25, -0.2) is 0 Å². The molecule has 1 amide bonds. The number of carbonyl (C=O) groups excluding carboxylic acids is 1. The minimum Gasteiger partial charge on any atom is -0.490 e. The summed E-state index contributed by atoms with van der Waals surface area (Å²) in [6, 6.07) is 5.29. The minimum absolute atomic E-state index is 0.105. The number of nitriles is 1. The highest BCUT2D eigenvalue weighted by molar-refractivity contribution is 9.10. The smallest absolute Gasteiger partial charge is 0.260 e. The molecule has 1 aromatic rings. The molecule has 0 N–H and O–H groups in total. The van der Waals surface area contributed by atoms with Gasteiger partial charge in [-0.2, -0.15) is 5.26 Å². The zero-order chi connectivity index (χ0) is 17.4. The van der Waals surface area contributed by atoms with E-state index in [4.69, 9.17) is 14.7 Å². The molecule has 0 radical (unpaired) electrons. The summed E-state index contributed by atoms with van der Waals surface area (Å²) in [7, 11) is 0. The molecule has 124 valence electrons. The van der Waals surface area contributed by atoms with Crippen molar-refractivity contribution >= 4 is 21.8 Å². The fraction of sp³-hybridized carbons (Fsp3) is 0.412. The van der Waals surface area contributed by atoms with Crippen LogP contribution >= 0.6 is 15.9 Å². The summed E-state index contributed by atoms with van der Waals surface area (Å²) in [6.45, 7) is 10.9. The molecule has 0 saturated heterocycles. The Bertz CT molecular complexity index is 623. The number of benzene rings is 1. The third-order valence-corrected chi connectivity index (χ3v) is 3.56. The van der Waals surface area contributed by atoms with E-state index < -0.39 is 0 Å². The zero-order valence-electron chi connectivity index (χ0n) is 13.7. The van der Waals surface area contributed by atoms with Crippen LogP contribution in [0.15, 0.2) is 28.8 Å². The Balaban J connectivity index is 2.90. The Kier molecular flexibility index (Phi) is 7.63. The molecule has 0 aromatic heterocycles. The van der Waals surface area contributed by atoms with Gasteiger partial charge in [0.1, 0.15) is 0 Å². The van der Waals surface area contributed by atoms with E-state index in [1.165, 1.54) is 0 Å². The van der Waals surface area contributed by atoms with Crippen molar-refractivity contribution in [3.05, 3.63) is 34.3 Å². The SMILES string of the molecule is C=C(C)CN(CC)C(=O)COc1c(Br)cc(C#N)cc1OCC. The van der Waals surface area contributed by atoms with Gasteiger partial charge in [-0.05, 0) is 42.8 Å². The number of carbonyl (C=O) groups is 1. The van der Waals surface area contributed by atoms with Gasteiger partial charge in [0, 0.05) is 19.2 Å². The van der Waals surface area contributed by atoms with E-state index in [9.17, 15) is 4.79 Å². The highest BCUT2D eigenvalue weighted by atomic mass is 79.9. The predicted molar refractivity (Wildman–Crippen MR) is 92.6 cm³/mol. The van der Waals surface area contributed by atoms with Crippen molar-refractivity contribution in [3.63, 3.8) is 0 Å². The van der Waals surface area contributed by atoms with Crippen molar-refractivity contribution in [3.8, 4) is 17.6 Å². The van der Waals surface area contributed by atoms with E-state index in [1.807, 2.05) is 20.8 Å². The third-order valence-electron chi connectivity index (χ3n) is 2.97. The van der Waals surface area contributed by atoms with Crippen LogP contribution in [0, 0.1) is 11.3 Å². The van der Waals surface area contributed by atoms with Crippen LogP contribution in [-0.2, 0) is 4.79 Å². The Morgan fingerprint density at radius 3 is 2.61 bits per heavy atom. The maximum absolute atomic E-state index is 12.2. The van der Waals surface area contributed by atoms with Crippen molar-refractivity contribution in [1.82, 2.24) is 4.90 Å². The Morgan fingerprint density at radius 1 is 1.39 bits per heavy atom. The van der Waals surface area contributed by atoms with E-state index in [0.717, 1.165) is 5.57 Å². The quantitative estimate of drug-likeness (QED) is 0.647. The highest BCUT2D eigenvalue weighted by Gasteiger charge is 2.17. The summed E-state index contributed by atoms with van der Waals surface area (Å²) >= 11 is 3.36. The van der Waals surface area contributed by atoms with Crippen LogP contribution in [0.4, 0.5) is 0 Å². The van der Waals surface area contributed by atoms with E-state index >= 15 is 0 Å².